The number of carbonyl (C=O) groups is 1. The fourth-order valence-electron chi connectivity index (χ4n) is 1.17. The summed E-state index contributed by atoms with van der Waals surface area (Å²) in [5.74, 6) is 0.369. The molecule has 0 atom stereocenters. The third-order valence-corrected chi connectivity index (χ3v) is 1.97. The van der Waals surface area contributed by atoms with Crippen molar-refractivity contribution < 1.29 is 9.21 Å². The maximum atomic E-state index is 11.5. The van der Waals surface area contributed by atoms with E-state index < -0.39 is 0 Å². The number of amides is 1. The summed E-state index contributed by atoms with van der Waals surface area (Å²) >= 11 is 0. The zero-order chi connectivity index (χ0) is 11.1. The summed E-state index contributed by atoms with van der Waals surface area (Å²) in [6.45, 7) is 6.17. The van der Waals surface area contributed by atoms with Crippen molar-refractivity contribution in [3.63, 3.8) is 0 Å². The first-order chi connectivity index (χ1) is 7.25. The van der Waals surface area contributed by atoms with E-state index >= 15 is 0 Å². The number of carbonyl (C=O) groups excluding carboxylic acids is 1. The first-order valence-electron chi connectivity index (χ1n) is 5.14. The normalized spacial score (nSPS) is 9.62. The van der Waals surface area contributed by atoms with Crippen LogP contribution in [0.25, 0.3) is 0 Å². The largest absolute Gasteiger partial charge is 0.448 e. The highest BCUT2D eigenvalue weighted by Gasteiger charge is 2.11. The van der Waals surface area contributed by atoms with Crippen molar-refractivity contribution in [3.8, 4) is 0 Å². The molecule has 0 aliphatic heterocycles. The second-order valence-electron chi connectivity index (χ2n) is 3.26. The maximum absolute atomic E-state index is 11.5. The van der Waals surface area contributed by atoms with E-state index in [2.05, 4.69) is 22.5 Å². The summed E-state index contributed by atoms with van der Waals surface area (Å²) in [5.41, 5.74) is 0.366. The van der Waals surface area contributed by atoms with Crippen LogP contribution in [0.4, 0.5) is 0 Å². The maximum Gasteiger partial charge on any atom is 0.273 e. The van der Waals surface area contributed by atoms with Crippen LogP contribution in [-0.2, 0) is 0 Å². The third kappa shape index (κ3) is 4.63. The molecule has 1 amide bonds. The van der Waals surface area contributed by atoms with Gasteiger partial charge in [-0.1, -0.05) is 6.92 Å². The zero-order valence-electron chi connectivity index (χ0n) is 9.58. The van der Waals surface area contributed by atoms with Crippen LogP contribution in [0.15, 0.2) is 10.8 Å². The van der Waals surface area contributed by atoms with Crippen LogP contribution < -0.4 is 10.6 Å². The molecular formula is C10H18ClN3O2. The van der Waals surface area contributed by atoms with Crippen molar-refractivity contribution in [1.29, 1.82) is 0 Å². The number of aryl methyl sites for hydroxylation is 1. The van der Waals surface area contributed by atoms with Crippen LogP contribution in [0, 0.1) is 6.92 Å². The molecule has 1 heterocycles. The molecule has 0 saturated heterocycles. The van der Waals surface area contributed by atoms with Crippen LogP contribution in [0.5, 0.6) is 0 Å². The van der Waals surface area contributed by atoms with Gasteiger partial charge in [-0.3, -0.25) is 4.79 Å². The van der Waals surface area contributed by atoms with Gasteiger partial charge in [0, 0.05) is 13.1 Å². The molecule has 0 unspecified atom stereocenters. The fraction of sp³-hybridized carbons (Fsp3) is 0.600. The number of hydrogen-bond donors (Lipinski definition) is 2. The van der Waals surface area contributed by atoms with Crippen LogP contribution >= 0.6 is 12.4 Å². The van der Waals surface area contributed by atoms with Gasteiger partial charge in [-0.25, -0.2) is 4.98 Å². The molecule has 2 N–H and O–H groups in total. The Morgan fingerprint density at radius 1 is 1.44 bits per heavy atom. The van der Waals surface area contributed by atoms with E-state index in [1.807, 2.05) is 0 Å². The van der Waals surface area contributed by atoms with Gasteiger partial charge in [-0.05, 0) is 19.9 Å². The molecule has 1 rings (SSSR count). The van der Waals surface area contributed by atoms with E-state index in [0.29, 0.717) is 18.0 Å². The number of oxazole rings is 1. The molecule has 92 valence electrons. The minimum absolute atomic E-state index is 0. The monoisotopic (exact) mass is 247 g/mol. The second-order valence-corrected chi connectivity index (χ2v) is 3.26. The smallest absolute Gasteiger partial charge is 0.273 e. The van der Waals surface area contributed by atoms with Gasteiger partial charge in [0.15, 0.2) is 12.1 Å². The van der Waals surface area contributed by atoms with E-state index in [0.717, 1.165) is 19.5 Å². The average Bonchev–Trinajstić information content (AvgIpc) is 2.64. The number of nitrogens with one attached hydrogen (secondary N) is 2. The van der Waals surface area contributed by atoms with Crippen molar-refractivity contribution in [2.75, 3.05) is 19.6 Å². The molecule has 0 bridgehead atoms. The average molecular weight is 248 g/mol. The Balaban J connectivity index is 0.00000225. The number of hydrogen-bond acceptors (Lipinski definition) is 4. The van der Waals surface area contributed by atoms with Crippen molar-refractivity contribution in [2.45, 2.75) is 20.3 Å². The standard InChI is InChI=1S/C10H17N3O2.ClH/c1-3-4-11-5-6-12-10(14)9-8(2)15-7-13-9;/h7,11H,3-6H2,1-2H3,(H,12,14);1H. The lowest BCUT2D eigenvalue weighted by atomic mass is 10.3. The quantitative estimate of drug-likeness (QED) is 0.740. The van der Waals surface area contributed by atoms with E-state index in [1.165, 1.54) is 6.39 Å². The lowest BCUT2D eigenvalue weighted by molar-refractivity contribution is 0.0948. The highest BCUT2D eigenvalue weighted by atomic mass is 35.5. The van der Waals surface area contributed by atoms with E-state index in [1.54, 1.807) is 6.92 Å². The molecule has 0 fully saturated rings. The Labute approximate surface area is 101 Å². The van der Waals surface area contributed by atoms with Gasteiger partial charge in [-0.2, -0.15) is 0 Å². The third-order valence-electron chi connectivity index (χ3n) is 1.97. The molecule has 1 aromatic heterocycles. The molecule has 0 aliphatic carbocycles. The molecule has 0 aliphatic rings. The topological polar surface area (TPSA) is 67.2 Å². The Morgan fingerprint density at radius 2 is 2.19 bits per heavy atom. The number of halogens is 1. The van der Waals surface area contributed by atoms with Crippen LogP contribution in [-0.4, -0.2) is 30.5 Å². The molecule has 1 aromatic rings. The van der Waals surface area contributed by atoms with E-state index in [-0.39, 0.29) is 18.3 Å². The predicted molar refractivity (Wildman–Crippen MR) is 64.0 cm³/mol. The number of aromatic nitrogens is 1. The summed E-state index contributed by atoms with van der Waals surface area (Å²) < 4.78 is 4.94. The number of nitrogens with zero attached hydrogens (tertiary/aromatic N) is 1. The van der Waals surface area contributed by atoms with Gasteiger partial charge in [-0.15, -0.1) is 12.4 Å². The Hall–Kier alpha value is -1.07. The lowest BCUT2D eigenvalue weighted by Crippen LogP contribution is -2.32. The molecule has 0 radical (unpaired) electrons. The van der Waals surface area contributed by atoms with Crippen LogP contribution in [0.3, 0.4) is 0 Å². The highest BCUT2D eigenvalue weighted by Crippen LogP contribution is 2.03. The van der Waals surface area contributed by atoms with Gasteiger partial charge in [0.05, 0.1) is 0 Å². The molecular weight excluding hydrogens is 230 g/mol. The summed E-state index contributed by atoms with van der Waals surface area (Å²) in [5, 5.41) is 5.95. The number of rotatable bonds is 6. The van der Waals surface area contributed by atoms with Crippen molar-refractivity contribution in [3.05, 3.63) is 17.8 Å². The van der Waals surface area contributed by atoms with Crippen LogP contribution in [0.1, 0.15) is 29.6 Å². The zero-order valence-corrected chi connectivity index (χ0v) is 10.4. The predicted octanol–water partition coefficient (Wildman–Crippen LogP) is 1.13. The molecule has 16 heavy (non-hydrogen) atoms. The molecule has 0 aromatic carbocycles. The second kappa shape index (κ2) is 8.13. The van der Waals surface area contributed by atoms with E-state index in [4.69, 9.17) is 4.42 Å². The summed E-state index contributed by atoms with van der Waals surface area (Å²) in [7, 11) is 0. The van der Waals surface area contributed by atoms with Gasteiger partial charge >= 0.3 is 0 Å². The minimum Gasteiger partial charge on any atom is -0.448 e. The summed E-state index contributed by atoms with van der Waals surface area (Å²) in [6.07, 6.45) is 2.37. The fourth-order valence-corrected chi connectivity index (χ4v) is 1.17. The lowest BCUT2D eigenvalue weighted by Gasteiger charge is -2.04. The molecule has 6 heteroatoms. The molecule has 0 saturated carbocycles. The molecule has 5 nitrogen and oxygen atoms in total. The van der Waals surface area contributed by atoms with Crippen molar-refractivity contribution in [2.24, 2.45) is 0 Å². The van der Waals surface area contributed by atoms with Gasteiger partial charge in [0.25, 0.3) is 5.91 Å². The van der Waals surface area contributed by atoms with Gasteiger partial charge in [0.2, 0.25) is 0 Å². The van der Waals surface area contributed by atoms with Gasteiger partial charge in [0.1, 0.15) is 5.76 Å². The Kier molecular flexibility index (Phi) is 7.58. The molecule has 0 spiro atoms. The van der Waals surface area contributed by atoms with Crippen LogP contribution in [0.2, 0.25) is 0 Å². The Morgan fingerprint density at radius 3 is 2.75 bits per heavy atom. The first-order valence-corrected chi connectivity index (χ1v) is 5.14. The summed E-state index contributed by atoms with van der Waals surface area (Å²) in [6, 6.07) is 0. The van der Waals surface area contributed by atoms with Crippen molar-refractivity contribution in [1.82, 2.24) is 15.6 Å². The Bertz CT molecular complexity index is 315. The SMILES string of the molecule is CCCNCCNC(=O)c1ncoc1C.Cl. The van der Waals surface area contributed by atoms with Crippen molar-refractivity contribution >= 4 is 18.3 Å². The van der Waals surface area contributed by atoms with E-state index in [9.17, 15) is 4.79 Å². The minimum atomic E-state index is -0.181. The first kappa shape index (κ1) is 14.9. The van der Waals surface area contributed by atoms with Gasteiger partial charge < -0.3 is 15.1 Å². The summed E-state index contributed by atoms with van der Waals surface area (Å²) in [4.78, 5) is 15.3. The highest BCUT2D eigenvalue weighted by molar-refractivity contribution is 5.92.